The zero-order valence-corrected chi connectivity index (χ0v) is 43.9. The van der Waals surface area contributed by atoms with Crippen LogP contribution in [0.15, 0.2) is 315 Å². The van der Waals surface area contributed by atoms with Gasteiger partial charge in [0.25, 0.3) is 0 Å². The topological polar surface area (TPSA) is 6.48 Å². The van der Waals surface area contributed by atoms with Gasteiger partial charge in [-0.1, -0.05) is 231 Å². The van der Waals surface area contributed by atoms with Gasteiger partial charge in [-0.25, -0.2) is 0 Å². The lowest BCUT2D eigenvalue weighted by Gasteiger charge is -2.27. The quantitative estimate of drug-likeness (QED) is 0.0995. The predicted octanol–water partition coefficient (Wildman–Crippen LogP) is 22.2. The van der Waals surface area contributed by atoms with E-state index in [0.717, 1.165) is 34.1 Å². The molecular weight excluding hydrogens is 965 g/mol. The predicted molar refractivity (Wildman–Crippen MR) is 343 cm³/mol. The van der Waals surface area contributed by atoms with E-state index in [4.69, 9.17) is 0 Å². The Labute approximate surface area is 465 Å². The van der Waals surface area contributed by atoms with Gasteiger partial charge in [-0.05, 0) is 194 Å². The lowest BCUT2D eigenvalue weighted by molar-refractivity contribution is 1.29. The highest BCUT2D eigenvalue weighted by atomic mass is 15.1. The van der Waals surface area contributed by atoms with Crippen LogP contribution in [0.5, 0.6) is 0 Å². The summed E-state index contributed by atoms with van der Waals surface area (Å²) in [5.74, 6) is 0. The van der Waals surface area contributed by atoms with Gasteiger partial charge in [0.05, 0.1) is 0 Å². The lowest BCUT2D eigenvalue weighted by atomic mass is 9.88. The molecule has 0 N–H and O–H groups in total. The molecule has 2 nitrogen and oxygen atoms in total. The highest BCUT2D eigenvalue weighted by Gasteiger charge is 2.20. The van der Waals surface area contributed by atoms with Crippen LogP contribution in [0, 0.1) is 0 Å². The molecule has 0 saturated carbocycles. The van der Waals surface area contributed by atoms with E-state index in [0.29, 0.717) is 0 Å². The average molecular weight is 1020 g/mol. The van der Waals surface area contributed by atoms with Crippen LogP contribution in [-0.4, -0.2) is 0 Å². The summed E-state index contributed by atoms with van der Waals surface area (Å²) < 4.78 is 0. The largest absolute Gasteiger partial charge is 0.310 e. The Bertz CT molecular complexity index is 4280. The standard InChI is InChI=1S/C78H52N2/c1-5-17-53(18-6-1)57-29-37-61(38-30-57)79(62-39-31-58(32-40-62)54-19-7-2-8-20-54)65-45-47-71-73(49-65)67-25-13-15-27-69(67)75-52-78-72-48-46-66(50-74(72)68-26-14-16-28-70(68)76(78)51-77(71)75)80(63-41-33-59(34-42-63)55-21-9-3-10-22-55)64-43-35-60(36-44-64)56-23-11-4-12-24-56/h1-52H. The summed E-state index contributed by atoms with van der Waals surface area (Å²) in [5, 5.41) is 14.8. The van der Waals surface area contributed by atoms with Crippen LogP contribution >= 0.6 is 0 Å². The summed E-state index contributed by atoms with van der Waals surface area (Å²) in [7, 11) is 0. The van der Waals surface area contributed by atoms with E-state index in [1.54, 1.807) is 0 Å². The molecule has 0 aliphatic heterocycles. The van der Waals surface area contributed by atoms with Gasteiger partial charge in [0.1, 0.15) is 0 Å². The Morgan fingerprint density at radius 2 is 0.312 bits per heavy atom. The van der Waals surface area contributed by atoms with Crippen molar-refractivity contribution in [2.24, 2.45) is 0 Å². The molecule has 0 spiro atoms. The molecule has 0 aliphatic rings. The molecule has 0 radical (unpaired) electrons. The Hall–Kier alpha value is -10.5. The lowest BCUT2D eigenvalue weighted by Crippen LogP contribution is -2.10. The second-order valence-electron chi connectivity index (χ2n) is 20.8. The molecular formula is C78H52N2. The van der Waals surface area contributed by atoms with Crippen molar-refractivity contribution in [2.75, 3.05) is 9.80 Å². The Balaban J connectivity index is 0.890. The van der Waals surface area contributed by atoms with Crippen molar-refractivity contribution in [3.63, 3.8) is 0 Å². The number of hydrogen-bond donors (Lipinski definition) is 0. The molecule has 0 bridgehead atoms. The van der Waals surface area contributed by atoms with Crippen LogP contribution in [0.25, 0.3) is 109 Å². The van der Waals surface area contributed by atoms with Crippen molar-refractivity contribution in [3.8, 4) is 44.5 Å². The van der Waals surface area contributed by atoms with Crippen molar-refractivity contribution in [1.29, 1.82) is 0 Å². The van der Waals surface area contributed by atoms with E-state index in [-0.39, 0.29) is 0 Å². The van der Waals surface area contributed by atoms with Crippen molar-refractivity contribution >= 4 is 98.8 Å². The smallest absolute Gasteiger partial charge is 0.0468 e. The maximum atomic E-state index is 2.48. The summed E-state index contributed by atoms with van der Waals surface area (Å²) in [6.07, 6.45) is 0. The zero-order valence-electron chi connectivity index (χ0n) is 43.9. The molecule has 0 aromatic heterocycles. The van der Waals surface area contributed by atoms with E-state index < -0.39 is 0 Å². The first-order valence-electron chi connectivity index (χ1n) is 27.6. The fourth-order valence-electron chi connectivity index (χ4n) is 12.3. The molecule has 374 valence electrons. The molecule has 0 saturated heterocycles. The van der Waals surface area contributed by atoms with E-state index in [1.807, 2.05) is 0 Å². The summed E-state index contributed by atoms with van der Waals surface area (Å²) >= 11 is 0. The molecule has 0 atom stereocenters. The van der Waals surface area contributed by atoms with E-state index in [1.165, 1.54) is 109 Å². The number of benzene rings is 15. The average Bonchev–Trinajstić information content (AvgIpc) is 3.66. The highest BCUT2D eigenvalue weighted by Crippen LogP contribution is 2.47. The van der Waals surface area contributed by atoms with Crippen molar-refractivity contribution in [3.05, 3.63) is 315 Å². The van der Waals surface area contributed by atoms with E-state index >= 15 is 0 Å². The van der Waals surface area contributed by atoms with Crippen LogP contribution in [0.2, 0.25) is 0 Å². The third kappa shape index (κ3) is 8.30. The molecule has 15 rings (SSSR count). The van der Waals surface area contributed by atoms with Gasteiger partial charge in [-0.3, -0.25) is 0 Å². The molecule has 15 aromatic carbocycles. The second-order valence-corrected chi connectivity index (χ2v) is 20.8. The van der Waals surface area contributed by atoms with Crippen molar-refractivity contribution in [2.45, 2.75) is 0 Å². The Morgan fingerprint density at radius 1 is 0.125 bits per heavy atom. The van der Waals surface area contributed by atoms with Crippen LogP contribution < -0.4 is 9.80 Å². The molecule has 0 aliphatic carbocycles. The molecule has 15 aromatic rings. The maximum Gasteiger partial charge on any atom is 0.0468 e. The minimum Gasteiger partial charge on any atom is -0.310 e. The molecule has 0 fully saturated rings. The number of rotatable bonds is 10. The first-order valence-corrected chi connectivity index (χ1v) is 27.6. The number of anilines is 6. The first-order chi connectivity index (χ1) is 39.7. The third-order valence-corrected chi connectivity index (χ3v) is 16.2. The van der Waals surface area contributed by atoms with Gasteiger partial charge in [0, 0.05) is 34.1 Å². The van der Waals surface area contributed by atoms with Gasteiger partial charge in [0.2, 0.25) is 0 Å². The summed E-state index contributed by atoms with van der Waals surface area (Å²) in [4.78, 5) is 4.80. The summed E-state index contributed by atoms with van der Waals surface area (Å²) in [5.41, 5.74) is 16.2. The summed E-state index contributed by atoms with van der Waals surface area (Å²) in [6, 6.07) is 116. The Morgan fingerprint density at radius 3 is 0.562 bits per heavy atom. The van der Waals surface area contributed by atoms with Crippen LogP contribution in [0.4, 0.5) is 34.1 Å². The minimum absolute atomic E-state index is 1.10. The SMILES string of the molecule is c1ccc(-c2ccc(N(c3ccc(-c4ccccc4)cc3)c3ccc4c(c3)c3ccccc3c3cc5c6ccc(N(c7ccc(-c8ccccc8)cc7)c7ccc(-c8ccccc8)cc7)cc6c6ccccc6c5cc43)cc2)cc1. The van der Waals surface area contributed by atoms with Crippen LogP contribution in [-0.2, 0) is 0 Å². The van der Waals surface area contributed by atoms with Gasteiger partial charge in [-0.15, -0.1) is 0 Å². The fraction of sp³-hybridized carbons (Fsp3) is 0. The highest BCUT2D eigenvalue weighted by molar-refractivity contribution is 6.33. The van der Waals surface area contributed by atoms with Crippen molar-refractivity contribution < 1.29 is 0 Å². The normalized spacial score (nSPS) is 11.5. The molecule has 2 heteroatoms. The van der Waals surface area contributed by atoms with Crippen molar-refractivity contribution in [1.82, 2.24) is 0 Å². The first kappa shape index (κ1) is 46.7. The van der Waals surface area contributed by atoms with E-state index in [2.05, 4.69) is 325 Å². The van der Waals surface area contributed by atoms with E-state index in [9.17, 15) is 0 Å². The fourth-order valence-corrected chi connectivity index (χ4v) is 12.3. The van der Waals surface area contributed by atoms with Crippen LogP contribution in [0.1, 0.15) is 0 Å². The maximum absolute atomic E-state index is 2.48. The third-order valence-electron chi connectivity index (χ3n) is 16.2. The van der Waals surface area contributed by atoms with Crippen LogP contribution in [0.3, 0.4) is 0 Å². The Kier molecular flexibility index (Phi) is 11.6. The van der Waals surface area contributed by atoms with Gasteiger partial charge in [-0.2, -0.15) is 0 Å². The molecule has 80 heavy (non-hydrogen) atoms. The zero-order chi connectivity index (χ0) is 52.9. The van der Waals surface area contributed by atoms with Gasteiger partial charge < -0.3 is 9.80 Å². The van der Waals surface area contributed by atoms with Gasteiger partial charge >= 0.3 is 0 Å². The van der Waals surface area contributed by atoms with Gasteiger partial charge in [0.15, 0.2) is 0 Å². The molecule has 0 heterocycles. The number of fused-ring (bicyclic) bond motifs is 12. The summed E-state index contributed by atoms with van der Waals surface area (Å²) in [6.45, 7) is 0. The molecule has 0 unspecified atom stereocenters. The minimum atomic E-state index is 1.10. The second kappa shape index (κ2) is 19.8. The number of hydrogen-bond acceptors (Lipinski definition) is 2. The molecule has 0 amide bonds. The number of nitrogens with zero attached hydrogens (tertiary/aromatic N) is 2. The monoisotopic (exact) mass is 1020 g/mol.